The number of anilines is 1. The average Bonchev–Trinajstić information content (AvgIpc) is 3.04. The molecule has 0 aromatic heterocycles. The van der Waals surface area contributed by atoms with Crippen LogP contribution in [-0.2, 0) is 9.59 Å². The van der Waals surface area contributed by atoms with E-state index in [0.717, 1.165) is 37.8 Å². The van der Waals surface area contributed by atoms with Gasteiger partial charge in [0.25, 0.3) is 0 Å². The number of hydrogen-bond acceptors (Lipinski definition) is 4. The maximum atomic E-state index is 12.7. The van der Waals surface area contributed by atoms with Crippen molar-refractivity contribution in [3.8, 4) is 0 Å². The molecule has 164 valence electrons. The minimum absolute atomic E-state index is 0.0856. The first-order chi connectivity index (χ1) is 14.8. The molecular formula is C27H33NO3. The van der Waals surface area contributed by atoms with E-state index in [1.807, 2.05) is 13.1 Å². The highest BCUT2D eigenvalue weighted by molar-refractivity contribution is 5.93. The Morgan fingerprint density at radius 3 is 2.55 bits per heavy atom. The quantitative estimate of drug-likeness (QED) is 0.728. The molecule has 0 saturated heterocycles. The molecule has 2 N–H and O–H groups in total. The van der Waals surface area contributed by atoms with Crippen molar-refractivity contribution < 1.29 is 14.7 Å². The fraction of sp³-hybridized carbons (Fsp3) is 0.556. The minimum Gasteiger partial charge on any atom is -0.388 e. The number of aliphatic hydroxyl groups is 1. The van der Waals surface area contributed by atoms with Crippen LogP contribution in [0.1, 0.15) is 70.3 Å². The zero-order valence-corrected chi connectivity index (χ0v) is 18.8. The van der Waals surface area contributed by atoms with Gasteiger partial charge in [0.15, 0.2) is 11.6 Å². The van der Waals surface area contributed by atoms with Gasteiger partial charge in [-0.15, -0.1) is 0 Å². The Hall–Kier alpha value is -2.20. The highest BCUT2D eigenvalue weighted by Crippen LogP contribution is 2.66. The number of ketones is 2. The monoisotopic (exact) mass is 419 g/mol. The SMILES string of the molecule is CNc1ccc(C2CC3(C)C(CCC3(O)C(C)=O)C3CCC4=CC(=O)CCC4=C23)cc1. The molecule has 0 heterocycles. The summed E-state index contributed by atoms with van der Waals surface area (Å²) in [6.45, 7) is 3.73. The van der Waals surface area contributed by atoms with E-state index in [9.17, 15) is 14.7 Å². The lowest BCUT2D eigenvalue weighted by molar-refractivity contribution is -0.152. The van der Waals surface area contributed by atoms with Crippen LogP contribution in [0.2, 0.25) is 0 Å². The van der Waals surface area contributed by atoms with Gasteiger partial charge in [-0.25, -0.2) is 0 Å². The normalized spacial score (nSPS) is 37.0. The first-order valence-electron chi connectivity index (χ1n) is 11.8. The van der Waals surface area contributed by atoms with Crippen LogP contribution in [0.15, 0.2) is 47.1 Å². The van der Waals surface area contributed by atoms with E-state index in [2.05, 4.69) is 36.5 Å². The first kappa shape index (κ1) is 20.7. The maximum absolute atomic E-state index is 12.7. The summed E-state index contributed by atoms with van der Waals surface area (Å²) in [4.78, 5) is 24.8. The Kier molecular flexibility index (Phi) is 4.78. The number of nitrogens with one attached hydrogen (secondary N) is 1. The Morgan fingerprint density at radius 2 is 1.87 bits per heavy atom. The second-order valence-electron chi connectivity index (χ2n) is 10.3. The summed E-state index contributed by atoms with van der Waals surface area (Å²) in [6, 6.07) is 8.61. The molecule has 5 atom stereocenters. The van der Waals surface area contributed by atoms with Gasteiger partial charge in [-0.3, -0.25) is 9.59 Å². The Balaban J connectivity index is 1.68. The lowest BCUT2D eigenvalue weighted by atomic mass is 9.51. The highest BCUT2D eigenvalue weighted by atomic mass is 16.3. The van der Waals surface area contributed by atoms with Gasteiger partial charge in [0.05, 0.1) is 0 Å². The summed E-state index contributed by atoms with van der Waals surface area (Å²) in [5, 5.41) is 14.8. The van der Waals surface area contributed by atoms with Crippen molar-refractivity contribution in [3.05, 3.63) is 52.6 Å². The molecule has 1 aromatic carbocycles. The number of allylic oxidation sites excluding steroid dienone is 4. The molecule has 2 fully saturated rings. The van der Waals surface area contributed by atoms with Crippen LogP contribution < -0.4 is 5.32 Å². The van der Waals surface area contributed by atoms with E-state index in [4.69, 9.17) is 0 Å². The van der Waals surface area contributed by atoms with Crippen molar-refractivity contribution in [2.45, 2.75) is 70.3 Å². The summed E-state index contributed by atoms with van der Waals surface area (Å²) in [5.41, 5.74) is 4.80. The van der Waals surface area contributed by atoms with E-state index in [-0.39, 0.29) is 17.5 Å². The summed E-state index contributed by atoms with van der Waals surface area (Å²) in [5.74, 6) is 1.03. The lowest BCUT2D eigenvalue weighted by Crippen LogP contribution is -2.55. The lowest BCUT2D eigenvalue weighted by Gasteiger charge is -2.54. The second kappa shape index (κ2) is 7.16. The molecule has 0 aliphatic heterocycles. The number of Topliss-reactive ketones (excluding diaryl/α,β-unsaturated/α-hetero) is 1. The van der Waals surface area contributed by atoms with Crippen LogP contribution in [0.25, 0.3) is 0 Å². The van der Waals surface area contributed by atoms with Crippen LogP contribution in [0.4, 0.5) is 5.69 Å². The molecule has 1 aromatic rings. The van der Waals surface area contributed by atoms with E-state index in [1.165, 1.54) is 22.3 Å². The van der Waals surface area contributed by atoms with E-state index in [0.29, 0.717) is 24.7 Å². The molecule has 5 rings (SSSR count). The third kappa shape index (κ3) is 2.91. The standard InChI is InChI=1S/C27H33NO3/c1-16(29)27(31)13-12-24-22-10-6-18-14-20(30)9-11-21(18)25(22)23(15-26(24,27)2)17-4-7-19(28-3)8-5-17/h4-5,7-8,14,22-24,28,31H,6,9-13,15H2,1-3H3. The molecule has 0 amide bonds. The Bertz CT molecular complexity index is 1000. The smallest absolute Gasteiger partial charge is 0.161 e. The molecule has 31 heavy (non-hydrogen) atoms. The van der Waals surface area contributed by atoms with Crippen LogP contribution in [0, 0.1) is 17.3 Å². The minimum atomic E-state index is -1.24. The van der Waals surface area contributed by atoms with Gasteiger partial charge in [0, 0.05) is 30.5 Å². The molecule has 4 heteroatoms. The van der Waals surface area contributed by atoms with Crippen molar-refractivity contribution in [2.75, 3.05) is 12.4 Å². The van der Waals surface area contributed by atoms with Crippen molar-refractivity contribution in [3.63, 3.8) is 0 Å². The molecular weight excluding hydrogens is 386 g/mol. The molecule has 0 spiro atoms. The number of benzene rings is 1. The third-order valence-electron chi connectivity index (χ3n) is 9.07. The second-order valence-corrected chi connectivity index (χ2v) is 10.3. The maximum Gasteiger partial charge on any atom is 0.161 e. The number of hydrogen-bond donors (Lipinski definition) is 2. The van der Waals surface area contributed by atoms with E-state index in [1.54, 1.807) is 6.92 Å². The van der Waals surface area contributed by atoms with Gasteiger partial charge in [0.1, 0.15) is 5.60 Å². The number of fused-ring (bicyclic) bond motifs is 4. The van der Waals surface area contributed by atoms with Crippen molar-refractivity contribution >= 4 is 17.3 Å². The Labute approximate surface area is 184 Å². The van der Waals surface area contributed by atoms with Gasteiger partial charge < -0.3 is 10.4 Å². The predicted octanol–water partition coefficient (Wildman–Crippen LogP) is 4.95. The molecule has 4 nitrogen and oxygen atoms in total. The molecule has 0 radical (unpaired) electrons. The molecule has 4 aliphatic rings. The van der Waals surface area contributed by atoms with Crippen LogP contribution >= 0.6 is 0 Å². The van der Waals surface area contributed by atoms with Crippen molar-refractivity contribution in [2.24, 2.45) is 17.3 Å². The largest absolute Gasteiger partial charge is 0.388 e. The molecule has 5 unspecified atom stereocenters. The van der Waals surface area contributed by atoms with Gasteiger partial charge in [0.2, 0.25) is 0 Å². The number of rotatable bonds is 3. The van der Waals surface area contributed by atoms with E-state index < -0.39 is 11.0 Å². The van der Waals surface area contributed by atoms with E-state index >= 15 is 0 Å². The number of carbonyl (C=O) groups is 2. The topological polar surface area (TPSA) is 66.4 Å². The summed E-state index contributed by atoms with van der Waals surface area (Å²) in [7, 11) is 1.92. The average molecular weight is 420 g/mol. The van der Waals surface area contributed by atoms with Crippen LogP contribution in [0.5, 0.6) is 0 Å². The van der Waals surface area contributed by atoms with Crippen molar-refractivity contribution in [1.82, 2.24) is 0 Å². The highest BCUT2D eigenvalue weighted by Gasteiger charge is 2.64. The van der Waals surface area contributed by atoms with Gasteiger partial charge in [-0.2, -0.15) is 0 Å². The van der Waals surface area contributed by atoms with Gasteiger partial charge in [-0.05, 0) is 92.2 Å². The summed E-state index contributed by atoms with van der Waals surface area (Å²) in [6.07, 6.45) is 7.51. The summed E-state index contributed by atoms with van der Waals surface area (Å²) < 4.78 is 0. The summed E-state index contributed by atoms with van der Waals surface area (Å²) >= 11 is 0. The fourth-order valence-corrected chi connectivity index (χ4v) is 7.42. The predicted molar refractivity (Wildman–Crippen MR) is 122 cm³/mol. The molecule has 4 aliphatic carbocycles. The van der Waals surface area contributed by atoms with Crippen LogP contribution in [0.3, 0.4) is 0 Å². The van der Waals surface area contributed by atoms with Gasteiger partial charge >= 0.3 is 0 Å². The third-order valence-corrected chi connectivity index (χ3v) is 9.07. The zero-order chi connectivity index (χ0) is 22.0. The first-order valence-corrected chi connectivity index (χ1v) is 11.8. The van der Waals surface area contributed by atoms with Crippen molar-refractivity contribution in [1.29, 1.82) is 0 Å². The fourth-order valence-electron chi connectivity index (χ4n) is 7.42. The molecule has 0 bridgehead atoms. The Morgan fingerprint density at radius 1 is 1.13 bits per heavy atom. The zero-order valence-electron chi connectivity index (χ0n) is 18.8. The van der Waals surface area contributed by atoms with Crippen LogP contribution in [-0.4, -0.2) is 29.3 Å². The number of carbonyl (C=O) groups excluding carboxylic acids is 2. The molecule has 2 saturated carbocycles. The van der Waals surface area contributed by atoms with Gasteiger partial charge in [-0.1, -0.05) is 24.6 Å².